The van der Waals surface area contributed by atoms with Crippen molar-refractivity contribution in [1.82, 2.24) is 5.32 Å². The molecule has 0 fully saturated rings. The van der Waals surface area contributed by atoms with Crippen molar-refractivity contribution < 1.29 is 5.11 Å². The Labute approximate surface area is 166 Å². The summed E-state index contributed by atoms with van der Waals surface area (Å²) < 4.78 is 0. The summed E-state index contributed by atoms with van der Waals surface area (Å²) in [6.07, 6.45) is 1.63. The molecule has 0 saturated carbocycles. The van der Waals surface area contributed by atoms with Crippen molar-refractivity contribution in [1.29, 1.82) is 0 Å². The van der Waals surface area contributed by atoms with Crippen LogP contribution in [0.5, 0.6) is 5.75 Å². The number of aryl methyl sites for hydroxylation is 2. The van der Waals surface area contributed by atoms with Gasteiger partial charge in [0.2, 0.25) is 0 Å². The van der Waals surface area contributed by atoms with Crippen molar-refractivity contribution >= 4 is 5.71 Å². The van der Waals surface area contributed by atoms with Gasteiger partial charge in [-0.15, -0.1) is 0 Å². The van der Waals surface area contributed by atoms with E-state index >= 15 is 0 Å². The molecule has 0 radical (unpaired) electrons. The smallest absolute Gasteiger partial charge is 0.126 e. The number of nitrogens with one attached hydrogen (secondary N) is 1. The van der Waals surface area contributed by atoms with Crippen LogP contribution in [0.4, 0.5) is 0 Å². The Morgan fingerprint density at radius 1 is 0.964 bits per heavy atom. The lowest BCUT2D eigenvalue weighted by molar-refractivity contribution is 0.412. The van der Waals surface area contributed by atoms with E-state index in [4.69, 9.17) is 4.99 Å². The molecule has 0 unspecified atom stereocenters. The first-order valence-electron chi connectivity index (χ1n) is 9.90. The zero-order valence-electron chi connectivity index (χ0n) is 16.4. The van der Waals surface area contributed by atoms with Crippen LogP contribution in [0.3, 0.4) is 0 Å². The quantitative estimate of drug-likeness (QED) is 0.638. The summed E-state index contributed by atoms with van der Waals surface area (Å²) in [5, 5.41) is 14.0. The van der Waals surface area contributed by atoms with Crippen LogP contribution < -0.4 is 5.32 Å². The molecule has 0 amide bonds. The van der Waals surface area contributed by atoms with E-state index in [1.54, 1.807) is 6.07 Å². The summed E-state index contributed by atoms with van der Waals surface area (Å²) in [4.78, 5) is 5.04. The number of hydrogen-bond donors (Lipinski definition) is 2. The van der Waals surface area contributed by atoms with E-state index in [-0.39, 0.29) is 12.2 Å². The SMILES string of the molecule is CCc1ccc(C2=N[C@@H](c3ccc(C)cc3)N[C@H](c3ccccc3O)C2)cc1. The van der Waals surface area contributed by atoms with E-state index in [2.05, 4.69) is 67.7 Å². The number of aromatic hydroxyl groups is 1. The minimum absolute atomic E-state index is 0.00542. The molecule has 28 heavy (non-hydrogen) atoms. The first-order chi connectivity index (χ1) is 13.6. The monoisotopic (exact) mass is 370 g/mol. The molecular formula is C25H26N2O. The maximum atomic E-state index is 10.4. The third kappa shape index (κ3) is 3.85. The molecule has 0 saturated heterocycles. The normalized spacial score (nSPS) is 19.3. The van der Waals surface area contributed by atoms with E-state index in [1.165, 1.54) is 11.1 Å². The lowest BCUT2D eigenvalue weighted by Crippen LogP contribution is -2.33. The maximum absolute atomic E-state index is 10.4. The molecular weight excluding hydrogens is 344 g/mol. The molecule has 0 spiro atoms. The topological polar surface area (TPSA) is 44.6 Å². The van der Waals surface area contributed by atoms with Gasteiger partial charge in [0.15, 0.2) is 0 Å². The van der Waals surface area contributed by atoms with Gasteiger partial charge in [0, 0.05) is 23.7 Å². The van der Waals surface area contributed by atoms with Crippen LogP contribution in [0.25, 0.3) is 0 Å². The Balaban J connectivity index is 1.73. The number of phenolic OH excluding ortho intramolecular Hbond substituents is 1. The minimum atomic E-state index is -0.139. The molecule has 2 N–H and O–H groups in total. The second kappa shape index (κ2) is 7.99. The molecule has 0 aromatic heterocycles. The number of phenols is 1. The molecule has 3 nitrogen and oxygen atoms in total. The molecule has 3 aromatic carbocycles. The Morgan fingerprint density at radius 3 is 2.36 bits per heavy atom. The highest BCUT2D eigenvalue weighted by atomic mass is 16.3. The van der Waals surface area contributed by atoms with Gasteiger partial charge in [-0.25, -0.2) is 0 Å². The summed E-state index contributed by atoms with van der Waals surface area (Å²) in [6.45, 7) is 4.26. The van der Waals surface area contributed by atoms with Gasteiger partial charge in [0.25, 0.3) is 0 Å². The molecule has 3 aromatic rings. The number of para-hydroxylation sites is 1. The van der Waals surface area contributed by atoms with Crippen LogP contribution in [-0.4, -0.2) is 10.8 Å². The minimum Gasteiger partial charge on any atom is -0.508 e. The van der Waals surface area contributed by atoms with E-state index in [0.29, 0.717) is 5.75 Å². The first kappa shape index (κ1) is 18.5. The van der Waals surface area contributed by atoms with Crippen LogP contribution in [0.15, 0.2) is 77.8 Å². The van der Waals surface area contributed by atoms with Gasteiger partial charge >= 0.3 is 0 Å². The molecule has 142 valence electrons. The molecule has 1 aliphatic rings. The fourth-order valence-corrected chi connectivity index (χ4v) is 3.72. The van der Waals surface area contributed by atoms with Gasteiger partial charge in [-0.2, -0.15) is 0 Å². The van der Waals surface area contributed by atoms with Crippen molar-refractivity contribution in [3.63, 3.8) is 0 Å². The van der Waals surface area contributed by atoms with Gasteiger partial charge in [0.05, 0.1) is 0 Å². The molecule has 2 atom stereocenters. The summed E-state index contributed by atoms with van der Waals surface area (Å²) >= 11 is 0. The van der Waals surface area contributed by atoms with Crippen LogP contribution in [0.1, 0.15) is 53.4 Å². The molecule has 1 aliphatic heterocycles. The second-order valence-electron chi connectivity index (χ2n) is 7.42. The highest BCUT2D eigenvalue weighted by molar-refractivity contribution is 6.01. The Bertz CT molecular complexity index is 974. The second-order valence-corrected chi connectivity index (χ2v) is 7.42. The van der Waals surface area contributed by atoms with Gasteiger partial charge in [-0.3, -0.25) is 10.3 Å². The van der Waals surface area contributed by atoms with E-state index in [0.717, 1.165) is 35.2 Å². The third-order valence-corrected chi connectivity index (χ3v) is 5.44. The third-order valence-electron chi connectivity index (χ3n) is 5.44. The zero-order valence-corrected chi connectivity index (χ0v) is 16.4. The lowest BCUT2D eigenvalue weighted by atomic mass is 9.93. The highest BCUT2D eigenvalue weighted by Gasteiger charge is 2.27. The first-order valence-corrected chi connectivity index (χ1v) is 9.90. The number of benzene rings is 3. The average molecular weight is 370 g/mol. The molecule has 0 bridgehead atoms. The van der Waals surface area contributed by atoms with Crippen molar-refractivity contribution in [2.75, 3.05) is 0 Å². The van der Waals surface area contributed by atoms with Crippen LogP contribution >= 0.6 is 0 Å². The number of aliphatic imine (C=N–C) groups is 1. The number of nitrogens with zero attached hydrogens (tertiary/aromatic N) is 1. The van der Waals surface area contributed by atoms with Crippen LogP contribution in [0.2, 0.25) is 0 Å². The lowest BCUT2D eigenvalue weighted by Gasteiger charge is -2.31. The maximum Gasteiger partial charge on any atom is 0.126 e. The summed E-state index contributed by atoms with van der Waals surface area (Å²) in [5.41, 5.74) is 6.82. The fraction of sp³-hybridized carbons (Fsp3) is 0.240. The Morgan fingerprint density at radius 2 is 1.68 bits per heavy atom. The van der Waals surface area contributed by atoms with Crippen molar-refractivity contribution in [3.05, 3.63) is 101 Å². The van der Waals surface area contributed by atoms with Crippen LogP contribution in [0, 0.1) is 6.92 Å². The Kier molecular flexibility index (Phi) is 5.27. The van der Waals surface area contributed by atoms with Crippen LogP contribution in [-0.2, 0) is 6.42 Å². The van der Waals surface area contributed by atoms with E-state index in [9.17, 15) is 5.11 Å². The fourth-order valence-electron chi connectivity index (χ4n) is 3.72. The number of hydrogen-bond acceptors (Lipinski definition) is 3. The van der Waals surface area contributed by atoms with E-state index in [1.807, 2.05) is 18.2 Å². The predicted octanol–water partition coefficient (Wildman–Crippen LogP) is 5.49. The van der Waals surface area contributed by atoms with Crippen molar-refractivity contribution in [2.45, 2.75) is 38.9 Å². The van der Waals surface area contributed by atoms with Gasteiger partial charge in [0.1, 0.15) is 11.9 Å². The molecule has 0 aliphatic carbocycles. The largest absolute Gasteiger partial charge is 0.508 e. The average Bonchev–Trinajstić information content (AvgIpc) is 2.74. The predicted molar refractivity (Wildman–Crippen MR) is 115 cm³/mol. The Hall–Kier alpha value is -2.91. The molecule has 1 heterocycles. The van der Waals surface area contributed by atoms with Crippen molar-refractivity contribution in [3.8, 4) is 5.75 Å². The highest BCUT2D eigenvalue weighted by Crippen LogP contribution is 2.34. The molecule has 4 rings (SSSR count). The molecule has 3 heteroatoms. The van der Waals surface area contributed by atoms with Crippen molar-refractivity contribution in [2.24, 2.45) is 4.99 Å². The zero-order chi connectivity index (χ0) is 19.5. The van der Waals surface area contributed by atoms with Gasteiger partial charge < -0.3 is 5.11 Å². The summed E-state index contributed by atoms with van der Waals surface area (Å²) in [5.74, 6) is 0.324. The summed E-state index contributed by atoms with van der Waals surface area (Å²) in [7, 11) is 0. The summed E-state index contributed by atoms with van der Waals surface area (Å²) in [6, 6.07) is 24.7. The number of rotatable bonds is 4. The van der Waals surface area contributed by atoms with Gasteiger partial charge in [-0.1, -0.05) is 79.2 Å². The van der Waals surface area contributed by atoms with E-state index < -0.39 is 0 Å². The van der Waals surface area contributed by atoms with Gasteiger partial charge in [-0.05, 0) is 36.1 Å². The standard InChI is InChI=1S/C25H26N2O/c1-3-18-10-14-19(15-11-18)22-16-23(21-6-4-5-7-24(21)28)27-25(26-22)20-12-8-17(2)9-13-20/h4-15,23,25,27-28H,3,16H2,1-2H3/t23-,25+/m0/s1.